The molecule has 0 amide bonds. The third-order valence-electron chi connectivity index (χ3n) is 6.09. The lowest BCUT2D eigenvalue weighted by Gasteiger charge is -2.51. The minimum atomic E-state index is -0.697. The van der Waals surface area contributed by atoms with Gasteiger partial charge in [0.25, 0.3) is 0 Å². The van der Waals surface area contributed by atoms with Crippen molar-refractivity contribution in [2.24, 2.45) is 23.2 Å². The smallest absolute Gasteiger partial charge is 0.331 e. The Morgan fingerprint density at radius 3 is 2.58 bits per heavy atom. The van der Waals surface area contributed by atoms with Crippen molar-refractivity contribution in [1.29, 1.82) is 0 Å². The maximum atomic E-state index is 11.4. The van der Waals surface area contributed by atoms with Gasteiger partial charge in [-0.05, 0) is 61.7 Å². The summed E-state index contributed by atoms with van der Waals surface area (Å²) in [5.41, 5.74) is 2.28. The number of hydrogen-bond donors (Lipinski definition) is 1. The molecule has 2 rings (SSSR count). The molecule has 19 heavy (non-hydrogen) atoms. The van der Waals surface area contributed by atoms with E-state index in [0.717, 1.165) is 24.7 Å². The molecule has 3 atom stereocenters. The number of carboxylic acid groups (broad SMARTS) is 1. The maximum Gasteiger partial charge on any atom is 0.331 e. The molecule has 108 valence electrons. The van der Waals surface area contributed by atoms with Crippen molar-refractivity contribution in [1.82, 2.24) is 0 Å². The van der Waals surface area contributed by atoms with E-state index in [-0.39, 0.29) is 0 Å². The van der Waals surface area contributed by atoms with Crippen molar-refractivity contribution in [3.63, 3.8) is 0 Å². The molecule has 2 saturated carbocycles. The average Bonchev–Trinajstić information content (AvgIpc) is 2.35. The van der Waals surface area contributed by atoms with Crippen molar-refractivity contribution < 1.29 is 9.90 Å². The number of hydrogen-bond acceptors (Lipinski definition) is 1. The Morgan fingerprint density at radius 1 is 1.32 bits per heavy atom. The van der Waals surface area contributed by atoms with Crippen LogP contribution in [0.1, 0.15) is 66.2 Å². The predicted octanol–water partition coefficient (Wildman–Crippen LogP) is 4.65. The zero-order valence-electron chi connectivity index (χ0n) is 12.8. The largest absolute Gasteiger partial charge is 0.478 e. The molecule has 0 aromatic rings. The van der Waals surface area contributed by atoms with Crippen LogP contribution in [0.25, 0.3) is 0 Å². The molecule has 0 saturated heterocycles. The fourth-order valence-corrected chi connectivity index (χ4v) is 4.34. The first-order chi connectivity index (χ1) is 8.87. The van der Waals surface area contributed by atoms with Gasteiger partial charge in [0, 0.05) is 5.57 Å². The van der Waals surface area contributed by atoms with Gasteiger partial charge in [0.1, 0.15) is 0 Å². The quantitative estimate of drug-likeness (QED) is 0.737. The van der Waals surface area contributed by atoms with Gasteiger partial charge in [-0.2, -0.15) is 0 Å². The van der Waals surface area contributed by atoms with Gasteiger partial charge in [0.2, 0.25) is 0 Å². The van der Waals surface area contributed by atoms with Gasteiger partial charge in [-0.1, -0.05) is 33.3 Å². The lowest BCUT2D eigenvalue weighted by Crippen LogP contribution is -2.42. The Hall–Kier alpha value is -0.790. The van der Waals surface area contributed by atoms with Gasteiger partial charge in [-0.15, -0.1) is 0 Å². The molecule has 1 N–H and O–H groups in total. The van der Waals surface area contributed by atoms with Gasteiger partial charge in [-0.3, -0.25) is 0 Å². The highest BCUT2D eigenvalue weighted by Crippen LogP contribution is 2.54. The average molecular weight is 264 g/mol. The Kier molecular flexibility index (Phi) is 4.08. The van der Waals surface area contributed by atoms with E-state index in [9.17, 15) is 9.90 Å². The van der Waals surface area contributed by atoms with Crippen LogP contribution in [0.5, 0.6) is 0 Å². The van der Waals surface area contributed by atoms with Crippen LogP contribution in [-0.4, -0.2) is 11.1 Å². The maximum absolute atomic E-state index is 11.4. The second kappa shape index (κ2) is 5.30. The van der Waals surface area contributed by atoms with Gasteiger partial charge in [0.15, 0.2) is 0 Å². The molecule has 0 aliphatic heterocycles. The van der Waals surface area contributed by atoms with Crippen LogP contribution < -0.4 is 0 Å². The second-order valence-corrected chi connectivity index (χ2v) is 7.15. The van der Waals surface area contributed by atoms with E-state index in [4.69, 9.17) is 0 Å². The predicted molar refractivity (Wildman–Crippen MR) is 78.0 cm³/mol. The first kappa shape index (κ1) is 14.6. The number of aliphatic carboxylic acids is 1. The molecule has 0 aromatic carbocycles. The minimum Gasteiger partial charge on any atom is -0.478 e. The van der Waals surface area contributed by atoms with E-state index in [1.165, 1.54) is 24.8 Å². The molecule has 0 spiro atoms. The molecule has 2 aliphatic carbocycles. The molecule has 2 fully saturated rings. The molecule has 0 heterocycles. The number of allylic oxidation sites excluding steroid dienone is 1. The summed E-state index contributed by atoms with van der Waals surface area (Å²) in [5, 5.41) is 9.35. The first-order valence-corrected chi connectivity index (χ1v) is 7.82. The van der Waals surface area contributed by atoms with E-state index >= 15 is 0 Å². The molecule has 2 aliphatic rings. The van der Waals surface area contributed by atoms with Gasteiger partial charge in [0.05, 0.1) is 0 Å². The van der Waals surface area contributed by atoms with E-state index < -0.39 is 5.97 Å². The van der Waals surface area contributed by atoms with Gasteiger partial charge < -0.3 is 5.11 Å². The summed E-state index contributed by atoms with van der Waals surface area (Å²) in [6.07, 6.45) is 6.59. The molecule has 0 radical (unpaired) electrons. The lowest BCUT2D eigenvalue weighted by atomic mass is 9.54. The summed E-state index contributed by atoms with van der Waals surface area (Å²) >= 11 is 0. The van der Waals surface area contributed by atoms with Crippen LogP contribution in [0.3, 0.4) is 0 Å². The molecule has 2 nitrogen and oxygen atoms in total. The standard InChI is InChI=1S/C17H28O2/c1-5-14(16(18)19)13-9-8-12-7-6-11(2)17(3,4)15(12)10-13/h11-12,15H,5-10H2,1-4H3,(H,18,19)/b14-13-. The van der Waals surface area contributed by atoms with Gasteiger partial charge >= 0.3 is 5.97 Å². The highest BCUT2D eigenvalue weighted by Gasteiger charge is 2.45. The fraction of sp³-hybridized carbons (Fsp3) is 0.824. The molecule has 0 aromatic heterocycles. The monoisotopic (exact) mass is 264 g/mol. The van der Waals surface area contributed by atoms with Crippen molar-refractivity contribution in [2.45, 2.75) is 66.2 Å². The van der Waals surface area contributed by atoms with Crippen LogP contribution in [0, 0.1) is 23.2 Å². The number of carbonyl (C=O) groups is 1. The van der Waals surface area contributed by atoms with Crippen molar-refractivity contribution in [2.75, 3.05) is 0 Å². The topological polar surface area (TPSA) is 37.3 Å². The summed E-state index contributed by atoms with van der Waals surface area (Å²) in [6.45, 7) is 9.12. The zero-order valence-corrected chi connectivity index (χ0v) is 12.8. The third-order valence-corrected chi connectivity index (χ3v) is 6.09. The van der Waals surface area contributed by atoms with Crippen molar-refractivity contribution >= 4 is 5.97 Å². The SMILES string of the molecule is CC/C(C(=O)O)=C1\CCC2CCC(C)C(C)(C)C2C1. The van der Waals surface area contributed by atoms with E-state index in [0.29, 0.717) is 23.3 Å². The fourth-order valence-electron chi connectivity index (χ4n) is 4.34. The third kappa shape index (κ3) is 2.59. The summed E-state index contributed by atoms with van der Waals surface area (Å²) < 4.78 is 0. The van der Waals surface area contributed by atoms with Crippen molar-refractivity contribution in [3.05, 3.63) is 11.1 Å². The van der Waals surface area contributed by atoms with Crippen LogP contribution in [0.2, 0.25) is 0 Å². The Balaban J connectivity index is 2.27. The number of fused-ring (bicyclic) bond motifs is 1. The minimum absolute atomic E-state index is 0.353. The second-order valence-electron chi connectivity index (χ2n) is 7.15. The van der Waals surface area contributed by atoms with Crippen LogP contribution in [-0.2, 0) is 4.79 Å². The summed E-state index contributed by atoms with van der Waals surface area (Å²) in [5.74, 6) is 1.56. The highest BCUT2D eigenvalue weighted by molar-refractivity contribution is 5.87. The number of carboxylic acids is 1. The van der Waals surface area contributed by atoms with Crippen molar-refractivity contribution in [3.8, 4) is 0 Å². The van der Waals surface area contributed by atoms with E-state index in [2.05, 4.69) is 20.8 Å². The van der Waals surface area contributed by atoms with Crippen LogP contribution in [0.15, 0.2) is 11.1 Å². The molecule has 0 bridgehead atoms. The van der Waals surface area contributed by atoms with Gasteiger partial charge in [-0.25, -0.2) is 4.79 Å². The van der Waals surface area contributed by atoms with E-state index in [1.54, 1.807) is 0 Å². The molecular formula is C17H28O2. The zero-order chi connectivity index (χ0) is 14.2. The number of rotatable bonds is 2. The summed E-state index contributed by atoms with van der Waals surface area (Å²) in [4.78, 5) is 11.4. The Morgan fingerprint density at radius 2 is 2.00 bits per heavy atom. The normalized spacial score (nSPS) is 36.5. The summed E-state index contributed by atoms with van der Waals surface area (Å²) in [7, 11) is 0. The first-order valence-electron chi connectivity index (χ1n) is 7.82. The summed E-state index contributed by atoms with van der Waals surface area (Å²) in [6, 6.07) is 0. The molecular weight excluding hydrogens is 236 g/mol. The lowest BCUT2D eigenvalue weighted by molar-refractivity contribution is -0.132. The molecule has 2 heteroatoms. The Labute approximate surface area is 117 Å². The van der Waals surface area contributed by atoms with Crippen LogP contribution in [0.4, 0.5) is 0 Å². The van der Waals surface area contributed by atoms with E-state index in [1.807, 2.05) is 6.92 Å². The molecule has 3 unspecified atom stereocenters. The Bertz CT molecular complexity index is 392. The highest BCUT2D eigenvalue weighted by atomic mass is 16.4. The van der Waals surface area contributed by atoms with Crippen LogP contribution >= 0.6 is 0 Å².